The van der Waals surface area contributed by atoms with Crippen LogP contribution in [-0.4, -0.2) is 9.55 Å². The molecule has 1 aromatic carbocycles. The molecule has 0 saturated heterocycles. The van der Waals surface area contributed by atoms with Gasteiger partial charge in [-0.15, -0.1) is 11.3 Å². The molecule has 0 amide bonds. The van der Waals surface area contributed by atoms with Gasteiger partial charge < -0.3 is 4.57 Å². The SMILES string of the molecule is N#CCCn1cc(-c2csc(C(C#N)=C3CCCCC3)n2)c2ccccc21. The molecule has 1 fully saturated rings. The van der Waals surface area contributed by atoms with Crippen LogP contribution >= 0.6 is 11.3 Å². The van der Waals surface area contributed by atoms with Gasteiger partial charge in [0.25, 0.3) is 0 Å². The average molecular weight is 372 g/mol. The van der Waals surface area contributed by atoms with Crippen molar-refractivity contribution in [3.63, 3.8) is 0 Å². The van der Waals surface area contributed by atoms with Gasteiger partial charge in [-0.05, 0) is 37.3 Å². The van der Waals surface area contributed by atoms with Crippen molar-refractivity contribution in [3.8, 4) is 23.4 Å². The number of thiazole rings is 1. The van der Waals surface area contributed by atoms with Crippen LogP contribution in [0.3, 0.4) is 0 Å². The molecule has 0 aliphatic heterocycles. The molecule has 4 rings (SSSR count). The molecule has 4 nitrogen and oxygen atoms in total. The maximum Gasteiger partial charge on any atom is 0.134 e. The first kappa shape index (κ1) is 17.5. The molecule has 1 aliphatic carbocycles. The number of allylic oxidation sites excluding steroid dienone is 2. The monoisotopic (exact) mass is 372 g/mol. The van der Waals surface area contributed by atoms with Crippen LogP contribution in [0.15, 0.2) is 41.4 Å². The van der Waals surface area contributed by atoms with E-state index in [-0.39, 0.29) is 0 Å². The molecular weight excluding hydrogens is 352 g/mol. The van der Waals surface area contributed by atoms with Gasteiger partial charge in [0, 0.05) is 34.6 Å². The van der Waals surface area contributed by atoms with Crippen molar-refractivity contribution in [3.05, 3.63) is 46.4 Å². The first-order chi connectivity index (χ1) is 13.3. The van der Waals surface area contributed by atoms with E-state index in [4.69, 9.17) is 10.2 Å². The molecule has 27 heavy (non-hydrogen) atoms. The number of fused-ring (bicyclic) bond motifs is 1. The summed E-state index contributed by atoms with van der Waals surface area (Å²) in [7, 11) is 0. The number of nitriles is 2. The Hall–Kier alpha value is -2.89. The van der Waals surface area contributed by atoms with E-state index in [1.165, 1.54) is 24.8 Å². The van der Waals surface area contributed by atoms with Crippen LogP contribution in [0.2, 0.25) is 0 Å². The van der Waals surface area contributed by atoms with Gasteiger partial charge >= 0.3 is 0 Å². The van der Waals surface area contributed by atoms with Gasteiger partial charge in [0.15, 0.2) is 0 Å². The molecule has 3 aromatic rings. The minimum atomic E-state index is 0.477. The fourth-order valence-electron chi connectivity index (χ4n) is 3.83. The summed E-state index contributed by atoms with van der Waals surface area (Å²) in [6, 6.07) is 12.8. The zero-order valence-electron chi connectivity index (χ0n) is 15.1. The van der Waals surface area contributed by atoms with Crippen molar-refractivity contribution in [2.75, 3.05) is 0 Å². The molecule has 0 N–H and O–H groups in total. The van der Waals surface area contributed by atoms with Crippen molar-refractivity contribution in [1.29, 1.82) is 10.5 Å². The van der Waals surface area contributed by atoms with Gasteiger partial charge in [0.1, 0.15) is 11.1 Å². The number of aromatic nitrogens is 2. The fourth-order valence-corrected chi connectivity index (χ4v) is 4.69. The van der Waals surface area contributed by atoms with E-state index in [2.05, 4.69) is 35.0 Å². The number of para-hydroxylation sites is 1. The van der Waals surface area contributed by atoms with Crippen molar-refractivity contribution < 1.29 is 0 Å². The fraction of sp³-hybridized carbons (Fsp3) is 0.318. The second-order valence-electron chi connectivity index (χ2n) is 6.85. The Morgan fingerprint density at radius 1 is 1.15 bits per heavy atom. The average Bonchev–Trinajstić information content (AvgIpc) is 3.33. The Kier molecular flexibility index (Phi) is 5.05. The molecular formula is C22H20N4S. The van der Waals surface area contributed by atoms with E-state index in [1.54, 1.807) is 11.3 Å². The lowest BCUT2D eigenvalue weighted by atomic mass is 9.91. The molecule has 0 radical (unpaired) electrons. The second kappa shape index (κ2) is 7.78. The molecule has 2 aromatic heterocycles. The Morgan fingerprint density at radius 3 is 2.74 bits per heavy atom. The maximum absolute atomic E-state index is 9.71. The highest BCUT2D eigenvalue weighted by Crippen LogP contribution is 2.36. The largest absolute Gasteiger partial charge is 0.346 e. The lowest BCUT2D eigenvalue weighted by Crippen LogP contribution is -1.97. The third-order valence-corrected chi connectivity index (χ3v) is 6.03. The molecule has 2 heterocycles. The summed E-state index contributed by atoms with van der Waals surface area (Å²) in [5, 5.41) is 22.7. The summed E-state index contributed by atoms with van der Waals surface area (Å²) < 4.78 is 2.12. The lowest BCUT2D eigenvalue weighted by molar-refractivity contribution is 0.601. The van der Waals surface area contributed by atoms with Crippen LogP contribution < -0.4 is 0 Å². The molecule has 0 bridgehead atoms. The quantitative estimate of drug-likeness (QED) is 0.534. The highest BCUT2D eigenvalue weighted by molar-refractivity contribution is 7.11. The second-order valence-corrected chi connectivity index (χ2v) is 7.71. The summed E-state index contributed by atoms with van der Waals surface area (Å²) in [6.45, 7) is 0.668. The zero-order chi connectivity index (χ0) is 18.6. The van der Waals surface area contributed by atoms with E-state index < -0.39 is 0 Å². The van der Waals surface area contributed by atoms with E-state index in [0.717, 1.165) is 45.6 Å². The molecule has 1 aliphatic rings. The van der Waals surface area contributed by atoms with Crippen LogP contribution in [0.5, 0.6) is 0 Å². The van der Waals surface area contributed by atoms with Crippen molar-refractivity contribution in [1.82, 2.24) is 9.55 Å². The van der Waals surface area contributed by atoms with E-state index >= 15 is 0 Å². The molecule has 5 heteroatoms. The van der Waals surface area contributed by atoms with Gasteiger partial charge in [-0.1, -0.05) is 24.6 Å². The van der Waals surface area contributed by atoms with Crippen LogP contribution in [0, 0.1) is 22.7 Å². The topological polar surface area (TPSA) is 65.4 Å². The van der Waals surface area contributed by atoms with Gasteiger partial charge in [0.2, 0.25) is 0 Å². The molecule has 0 spiro atoms. The van der Waals surface area contributed by atoms with Gasteiger partial charge in [0.05, 0.1) is 23.8 Å². The molecule has 134 valence electrons. The number of aryl methyl sites for hydroxylation is 1. The van der Waals surface area contributed by atoms with Crippen molar-refractivity contribution in [2.45, 2.75) is 45.1 Å². The molecule has 1 saturated carbocycles. The van der Waals surface area contributed by atoms with E-state index in [9.17, 15) is 5.26 Å². The highest BCUT2D eigenvalue weighted by atomic mass is 32.1. The first-order valence-corrected chi connectivity index (χ1v) is 10.2. The standard InChI is InChI=1S/C22H20N4S/c23-11-6-12-26-14-19(17-9-4-5-10-21(17)26)20-15-27-22(25-20)18(13-24)16-7-2-1-3-8-16/h4-5,9-10,14-15H,1-3,6-8,12H2. The van der Waals surface area contributed by atoms with Crippen LogP contribution in [0.1, 0.15) is 43.5 Å². The van der Waals surface area contributed by atoms with Crippen molar-refractivity contribution in [2.24, 2.45) is 0 Å². The molecule has 0 atom stereocenters. The predicted molar refractivity (Wildman–Crippen MR) is 109 cm³/mol. The zero-order valence-corrected chi connectivity index (χ0v) is 15.9. The Labute approximate surface area is 163 Å². The Bertz CT molecular complexity index is 1080. The smallest absolute Gasteiger partial charge is 0.134 e. The highest BCUT2D eigenvalue weighted by Gasteiger charge is 2.18. The normalized spacial score (nSPS) is 14.1. The number of hydrogen-bond donors (Lipinski definition) is 0. The summed E-state index contributed by atoms with van der Waals surface area (Å²) in [5.41, 5.74) is 5.13. The summed E-state index contributed by atoms with van der Waals surface area (Å²) in [6.07, 6.45) is 8.20. The minimum Gasteiger partial charge on any atom is -0.346 e. The predicted octanol–water partition coefficient (Wildman–Crippen LogP) is 5.92. The van der Waals surface area contributed by atoms with E-state index in [1.807, 2.05) is 17.5 Å². The van der Waals surface area contributed by atoms with E-state index in [0.29, 0.717) is 13.0 Å². The minimum absolute atomic E-state index is 0.477. The van der Waals surface area contributed by atoms with Crippen LogP contribution in [0.4, 0.5) is 0 Å². The number of rotatable bonds is 4. The summed E-state index contributed by atoms with van der Waals surface area (Å²) in [4.78, 5) is 4.83. The molecule has 0 unspecified atom stereocenters. The van der Waals surface area contributed by atoms with Gasteiger partial charge in [-0.25, -0.2) is 4.98 Å². The first-order valence-electron chi connectivity index (χ1n) is 9.35. The van der Waals surface area contributed by atoms with Crippen LogP contribution in [-0.2, 0) is 6.54 Å². The number of hydrogen-bond acceptors (Lipinski definition) is 4. The number of nitrogens with zero attached hydrogens (tertiary/aromatic N) is 4. The Balaban J connectivity index is 1.76. The van der Waals surface area contributed by atoms with Gasteiger partial charge in [-0.2, -0.15) is 10.5 Å². The maximum atomic E-state index is 9.71. The third kappa shape index (κ3) is 3.39. The summed E-state index contributed by atoms with van der Waals surface area (Å²) in [5.74, 6) is 0. The van der Waals surface area contributed by atoms with Crippen LogP contribution in [0.25, 0.3) is 27.7 Å². The third-order valence-electron chi connectivity index (χ3n) is 5.17. The summed E-state index contributed by atoms with van der Waals surface area (Å²) >= 11 is 1.55. The van der Waals surface area contributed by atoms with Crippen molar-refractivity contribution >= 4 is 27.8 Å². The number of benzene rings is 1. The Morgan fingerprint density at radius 2 is 1.96 bits per heavy atom. The van der Waals surface area contributed by atoms with Gasteiger partial charge in [-0.3, -0.25) is 0 Å². The lowest BCUT2D eigenvalue weighted by Gasteiger charge is -2.14.